The Labute approximate surface area is 197 Å². The number of aromatic amines is 1. The summed E-state index contributed by atoms with van der Waals surface area (Å²) in [6.07, 6.45) is 3.54. The minimum atomic E-state index is 0.437. The molecule has 1 aliphatic carbocycles. The zero-order valence-corrected chi connectivity index (χ0v) is 19.8. The molecule has 1 N–H and O–H groups in total. The van der Waals surface area contributed by atoms with Crippen LogP contribution < -0.4 is 0 Å². The van der Waals surface area contributed by atoms with Gasteiger partial charge >= 0.3 is 0 Å². The van der Waals surface area contributed by atoms with Crippen molar-refractivity contribution in [1.82, 2.24) is 15.1 Å². The Hall–Kier alpha value is -1.66. The van der Waals surface area contributed by atoms with Gasteiger partial charge in [0, 0.05) is 45.8 Å². The third-order valence-electron chi connectivity index (χ3n) is 6.82. The highest BCUT2D eigenvalue weighted by molar-refractivity contribution is 9.10. The van der Waals surface area contributed by atoms with Crippen LogP contribution in [0.3, 0.4) is 0 Å². The van der Waals surface area contributed by atoms with E-state index < -0.39 is 0 Å². The minimum Gasteiger partial charge on any atom is -0.379 e. The van der Waals surface area contributed by atoms with Crippen molar-refractivity contribution in [2.75, 3.05) is 26.3 Å². The fourth-order valence-corrected chi connectivity index (χ4v) is 5.56. The van der Waals surface area contributed by atoms with E-state index in [0.717, 1.165) is 53.5 Å². The maximum atomic E-state index is 6.06. The number of halogens is 2. The van der Waals surface area contributed by atoms with Crippen molar-refractivity contribution in [1.29, 1.82) is 0 Å². The predicted molar refractivity (Wildman–Crippen MR) is 129 cm³/mol. The number of aromatic nitrogens is 2. The van der Waals surface area contributed by atoms with Gasteiger partial charge in [0.25, 0.3) is 0 Å². The van der Waals surface area contributed by atoms with Gasteiger partial charge in [0.2, 0.25) is 0 Å². The lowest BCUT2D eigenvalue weighted by molar-refractivity contribution is 0.00483. The highest BCUT2D eigenvalue weighted by Crippen LogP contribution is 2.45. The third-order valence-corrected chi connectivity index (χ3v) is 7.60. The Balaban J connectivity index is 1.42. The molecule has 1 saturated carbocycles. The van der Waals surface area contributed by atoms with Crippen LogP contribution in [0, 0.1) is 0 Å². The number of nitrogens with one attached hydrogen (secondary N) is 1. The van der Waals surface area contributed by atoms with Gasteiger partial charge in [-0.25, -0.2) is 0 Å². The number of H-pyrrole nitrogens is 1. The van der Waals surface area contributed by atoms with E-state index in [9.17, 15) is 0 Å². The lowest BCUT2D eigenvalue weighted by atomic mass is 9.71. The standard InChI is InChI=1S/C25H27BrClN3O/c26-19-5-1-17(2-6-19)23-15-21(30-11-13-31-14-12-30)9-10-22(23)25-16-24(28-29-25)18-3-7-20(27)8-4-18/h1-8,16,21-23H,9-15H2,(H,28,29)/t21-,22+,23-/m0/s1. The normalized spacial score (nSPS) is 24.9. The average molecular weight is 501 g/mol. The van der Waals surface area contributed by atoms with Crippen LogP contribution in [0.25, 0.3) is 11.3 Å². The third kappa shape index (κ3) is 4.75. The predicted octanol–water partition coefficient (Wildman–Crippen LogP) is 6.24. The summed E-state index contributed by atoms with van der Waals surface area (Å²) in [6.45, 7) is 3.81. The Morgan fingerprint density at radius 2 is 1.71 bits per heavy atom. The first kappa shape index (κ1) is 21.2. The molecule has 3 atom stereocenters. The van der Waals surface area contributed by atoms with Gasteiger partial charge < -0.3 is 4.74 Å². The SMILES string of the molecule is Clc1ccc(-c2cc([C@@H]3CC[C@H](N4CCOCC4)C[C@H]3c3ccc(Br)cc3)[nH]n2)cc1. The number of ether oxygens (including phenoxy) is 1. The van der Waals surface area contributed by atoms with Crippen molar-refractivity contribution in [3.05, 3.63) is 75.4 Å². The number of morpholine rings is 1. The first-order valence-corrected chi connectivity index (χ1v) is 12.2. The van der Waals surface area contributed by atoms with Gasteiger partial charge in [-0.15, -0.1) is 0 Å². The molecule has 0 spiro atoms. The summed E-state index contributed by atoms with van der Waals surface area (Å²) in [7, 11) is 0. The van der Waals surface area contributed by atoms with Gasteiger partial charge in [-0.05, 0) is 61.1 Å². The van der Waals surface area contributed by atoms with Gasteiger partial charge in [0.1, 0.15) is 0 Å². The molecule has 0 radical (unpaired) electrons. The molecule has 1 aliphatic heterocycles. The van der Waals surface area contributed by atoms with Crippen molar-refractivity contribution in [3.63, 3.8) is 0 Å². The van der Waals surface area contributed by atoms with Gasteiger partial charge in [-0.2, -0.15) is 5.10 Å². The fourth-order valence-electron chi connectivity index (χ4n) is 5.17. The van der Waals surface area contributed by atoms with Crippen LogP contribution >= 0.6 is 27.5 Å². The van der Waals surface area contributed by atoms with Crippen molar-refractivity contribution in [2.45, 2.75) is 37.1 Å². The van der Waals surface area contributed by atoms with Crippen molar-refractivity contribution >= 4 is 27.5 Å². The van der Waals surface area contributed by atoms with E-state index in [1.807, 2.05) is 24.3 Å². The van der Waals surface area contributed by atoms with E-state index in [0.29, 0.717) is 17.9 Å². The second kappa shape index (κ2) is 9.45. The molecule has 2 heterocycles. The number of hydrogen-bond acceptors (Lipinski definition) is 3. The highest BCUT2D eigenvalue weighted by atomic mass is 79.9. The van der Waals surface area contributed by atoms with E-state index in [4.69, 9.17) is 16.3 Å². The summed E-state index contributed by atoms with van der Waals surface area (Å²) in [5.74, 6) is 0.903. The molecule has 31 heavy (non-hydrogen) atoms. The summed E-state index contributed by atoms with van der Waals surface area (Å²) in [5.41, 5.74) is 4.72. The zero-order chi connectivity index (χ0) is 21.2. The lowest BCUT2D eigenvalue weighted by Crippen LogP contribution is -2.46. The first-order valence-electron chi connectivity index (χ1n) is 11.1. The molecule has 5 rings (SSSR count). The molecule has 2 aromatic carbocycles. The van der Waals surface area contributed by atoms with Crippen LogP contribution in [0.4, 0.5) is 0 Å². The second-order valence-corrected chi connectivity index (χ2v) is 9.95. The summed E-state index contributed by atoms with van der Waals surface area (Å²) < 4.78 is 6.71. The van der Waals surface area contributed by atoms with Gasteiger partial charge in [0.15, 0.2) is 0 Å². The molecule has 2 fully saturated rings. The van der Waals surface area contributed by atoms with E-state index in [1.165, 1.54) is 24.1 Å². The largest absolute Gasteiger partial charge is 0.379 e. The summed E-state index contributed by atoms with van der Waals surface area (Å²) >= 11 is 9.65. The quantitative estimate of drug-likeness (QED) is 0.461. The molecule has 3 aromatic rings. The summed E-state index contributed by atoms with van der Waals surface area (Å²) in [5, 5.41) is 8.75. The monoisotopic (exact) mass is 499 g/mol. The van der Waals surface area contributed by atoms with Crippen LogP contribution in [-0.2, 0) is 4.74 Å². The topological polar surface area (TPSA) is 41.1 Å². The smallest absolute Gasteiger partial charge is 0.0923 e. The minimum absolute atomic E-state index is 0.437. The Morgan fingerprint density at radius 3 is 2.45 bits per heavy atom. The maximum Gasteiger partial charge on any atom is 0.0923 e. The fraction of sp³-hybridized carbons (Fsp3) is 0.400. The number of hydrogen-bond donors (Lipinski definition) is 1. The van der Waals surface area contributed by atoms with Gasteiger partial charge in [-0.1, -0.05) is 51.8 Å². The van der Waals surface area contributed by atoms with E-state index in [1.54, 1.807) is 0 Å². The Bertz CT molecular complexity index is 998. The van der Waals surface area contributed by atoms with Crippen LogP contribution in [-0.4, -0.2) is 47.4 Å². The second-order valence-electron chi connectivity index (χ2n) is 8.60. The summed E-state index contributed by atoms with van der Waals surface area (Å²) in [6, 6.07) is 19.6. The summed E-state index contributed by atoms with van der Waals surface area (Å²) in [4.78, 5) is 2.64. The van der Waals surface area contributed by atoms with Crippen LogP contribution in [0.1, 0.15) is 42.4 Å². The van der Waals surface area contributed by atoms with Crippen LogP contribution in [0.15, 0.2) is 59.1 Å². The first-order chi connectivity index (χ1) is 15.2. The molecule has 162 valence electrons. The highest BCUT2D eigenvalue weighted by Gasteiger charge is 2.36. The van der Waals surface area contributed by atoms with Gasteiger partial charge in [0.05, 0.1) is 18.9 Å². The zero-order valence-electron chi connectivity index (χ0n) is 17.4. The lowest BCUT2D eigenvalue weighted by Gasteiger charge is -2.42. The molecule has 1 aromatic heterocycles. The molecule has 0 unspecified atom stereocenters. The molecule has 6 heteroatoms. The molecule has 2 aliphatic rings. The Morgan fingerprint density at radius 1 is 0.968 bits per heavy atom. The van der Waals surface area contributed by atoms with Crippen molar-refractivity contribution in [3.8, 4) is 11.3 Å². The van der Waals surface area contributed by atoms with E-state index in [-0.39, 0.29) is 0 Å². The average Bonchev–Trinajstić information content (AvgIpc) is 3.30. The Kier molecular flexibility index (Phi) is 6.46. The van der Waals surface area contributed by atoms with Crippen molar-refractivity contribution < 1.29 is 4.74 Å². The number of benzene rings is 2. The van der Waals surface area contributed by atoms with E-state index in [2.05, 4.69) is 61.4 Å². The molecular formula is C25H27BrClN3O. The van der Waals surface area contributed by atoms with E-state index >= 15 is 0 Å². The van der Waals surface area contributed by atoms with Crippen LogP contribution in [0.2, 0.25) is 5.02 Å². The van der Waals surface area contributed by atoms with Crippen molar-refractivity contribution in [2.24, 2.45) is 0 Å². The molecule has 4 nitrogen and oxygen atoms in total. The molecule has 1 saturated heterocycles. The maximum absolute atomic E-state index is 6.06. The van der Waals surface area contributed by atoms with Gasteiger partial charge in [-0.3, -0.25) is 10.00 Å². The van der Waals surface area contributed by atoms with Crippen LogP contribution in [0.5, 0.6) is 0 Å². The molecule has 0 amide bonds. The number of nitrogens with zero attached hydrogens (tertiary/aromatic N) is 2. The molecular weight excluding hydrogens is 474 g/mol. The number of rotatable bonds is 4. The molecule has 0 bridgehead atoms.